The number of nitrogens with zero attached hydrogens (tertiary/aromatic N) is 4. The number of nitrogens with one attached hydrogen (secondary N) is 1. The lowest BCUT2D eigenvalue weighted by molar-refractivity contribution is 0.568. The highest BCUT2D eigenvalue weighted by atomic mass is 16.4. The average molecular weight is 267 g/mol. The Hall–Kier alpha value is -2.89. The number of anilines is 1. The van der Waals surface area contributed by atoms with Gasteiger partial charge in [-0.05, 0) is 24.3 Å². The van der Waals surface area contributed by atoms with Gasteiger partial charge in [0.15, 0.2) is 0 Å². The Balaban J connectivity index is 1.65. The highest BCUT2D eigenvalue weighted by molar-refractivity contribution is 5.58. The molecule has 100 valence electrons. The second-order valence-electron chi connectivity index (χ2n) is 4.19. The van der Waals surface area contributed by atoms with Crippen LogP contribution < -0.4 is 5.32 Å². The summed E-state index contributed by atoms with van der Waals surface area (Å²) >= 11 is 0. The summed E-state index contributed by atoms with van der Waals surface area (Å²) in [6.45, 7) is 4.36. The number of benzene rings is 1. The lowest BCUT2D eigenvalue weighted by Gasteiger charge is -2.04. The van der Waals surface area contributed by atoms with Crippen LogP contribution in [0.1, 0.15) is 5.56 Å². The van der Waals surface area contributed by atoms with Crippen LogP contribution in [0, 0.1) is 0 Å². The molecule has 3 aromatic rings. The van der Waals surface area contributed by atoms with Crippen molar-refractivity contribution in [3.05, 3.63) is 55.2 Å². The monoisotopic (exact) mass is 267 g/mol. The van der Waals surface area contributed by atoms with Crippen LogP contribution in [-0.4, -0.2) is 20.0 Å². The maximum atomic E-state index is 5.14. The highest BCUT2D eigenvalue weighted by Gasteiger charge is 2.03. The van der Waals surface area contributed by atoms with Crippen molar-refractivity contribution < 1.29 is 4.42 Å². The van der Waals surface area contributed by atoms with Crippen molar-refractivity contribution in [2.75, 3.05) is 5.32 Å². The van der Waals surface area contributed by atoms with Gasteiger partial charge in [-0.2, -0.15) is 5.10 Å². The topological polar surface area (TPSA) is 68.8 Å². The van der Waals surface area contributed by atoms with Crippen molar-refractivity contribution in [1.82, 2.24) is 20.0 Å². The van der Waals surface area contributed by atoms with Crippen molar-refractivity contribution in [3.63, 3.8) is 0 Å². The molecule has 0 atom stereocenters. The fourth-order valence-corrected chi connectivity index (χ4v) is 1.80. The van der Waals surface area contributed by atoms with E-state index in [0.717, 1.165) is 16.8 Å². The van der Waals surface area contributed by atoms with Gasteiger partial charge in [-0.25, -0.2) is 4.68 Å². The van der Waals surface area contributed by atoms with E-state index in [1.807, 2.05) is 36.7 Å². The fourth-order valence-electron chi connectivity index (χ4n) is 1.80. The molecule has 3 rings (SSSR count). The van der Waals surface area contributed by atoms with E-state index in [1.54, 1.807) is 10.9 Å². The molecule has 0 saturated carbocycles. The maximum Gasteiger partial charge on any atom is 0.247 e. The predicted molar refractivity (Wildman–Crippen MR) is 75.7 cm³/mol. The van der Waals surface area contributed by atoms with Gasteiger partial charge in [0.2, 0.25) is 12.3 Å². The summed E-state index contributed by atoms with van der Waals surface area (Å²) < 4.78 is 6.82. The fraction of sp³-hybridized carbons (Fsp3) is 0.0714. The molecule has 2 heterocycles. The largest absolute Gasteiger partial charge is 0.423 e. The number of rotatable bonds is 5. The zero-order chi connectivity index (χ0) is 13.8. The van der Waals surface area contributed by atoms with E-state index in [4.69, 9.17) is 4.42 Å². The molecule has 6 nitrogen and oxygen atoms in total. The Morgan fingerprint density at radius 3 is 2.80 bits per heavy atom. The Morgan fingerprint density at radius 2 is 2.15 bits per heavy atom. The third kappa shape index (κ3) is 2.59. The van der Waals surface area contributed by atoms with Crippen molar-refractivity contribution >= 4 is 11.9 Å². The lowest BCUT2D eigenvalue weighted by atomic mass is 10.2. The quantitative estimate of drug-likeness (QED) is 0.769. The molecule has 0 radical (unpaired) electrons. The van der Waals surface area contributed by atoms with E-state index in [-0.39, 0.29) is 0 Å². The molecule has 0 amide bonds. The normalized spacial score (nSPS) is 10.4. The Bertz CT molecular complexity index is 685. The molecular weight excluding hydrogens is 254 g/mol. The van der Waals surface area contributed by atoms with E-state index in [2.05, 4.69) is 27.2 Å². The molecule has 0 fully saturated rings. The third-order valence-electron chi connectivity index (χ3n) is 2.83. The summed E-state index contributed by atoms with van der Waals surface area (Å²) in [5.74, 6) is 0.517. The van der Waals surface area contributed by atoms with Gasteiger partial charge in [-0.15, -0.1) is 10.2 Å². The first-order valence-corrected chi connectivity index (χ1v) is 6.11. The minimum Gasteiger partial charge on any atom is -0.423 e. The molecule has 20 heavy (non-hydrogen) atoms. The minimum atomic E-state index is 0.517. The van der Waals surface area contributed by atoms with Gasteiger partial charge in [0.05, 0.1) is 6.20 Å². The standard InChI is InChI=1S/C14H13N5O/c1-2-19-9-11(8-17-19)7-15-13-5-3-12(4-6-13)14-18-16-10-20-14/h2-6,8-10,15H,1,7H2. The highest BCUT2D eigenvalue weighted by Crippen LogP contribution is 2.19. The van der Waals surface area contributed by atoms with Crippen molar-refractivity contribution in [2.45, 2.75) is 6.54 Å². The summed E-state index contributed by atoms with van der Waals surface area (Å²) in [6, 6.07) is 7.81. The average Bonchev–Trinajstić information content (AvgIpc) is 3.17. The lowest BCUT2D eigenvalue weighted by Crippen LogP contribution is -1.98. The van der Waals surface area contributed by atoms with E-state index in [1.165, 1.54) is 6.39 Å². The summed E-state index contributed by atoms with van der Waals surface area (Å²) in [6.07, 6.45) is 6.70. The molecular formula is C14H13N5O. The van der Waals surface area contributed by atoms with Crippen LogP contribution >= 0.6 is 0 Å². The van der Waals surface area contributed by atoms with Gasteiger partial charge >= 0.3 is 0 Å². The Labute approximate surface area is 115 Å². The van der Waals surface area contributed by atoms with Gasteiger partial charge in [0.25, 0.3) is 0 Å². The molecule has 6 heteroatoms. The molecule has 0 aliphatic heterocycles. The van der Waals surface area contributed by atoms with Crippen molar-refractivity contribution in [2.24, 2.45) is 0 Å². The molecule has 1 aromatic carbocycles. The molecule has 0 aliphatic rings. The summed E-state index contributed by atoms with van der Waals surface area (Å²) in [5.41, 5.74) is 3.00. The van der Waals surface area contributed by atoms with Crippen LogP contribution in [0.15, 0.2) is 54.0 Å². The van der Waals surface area contributed by atoms with Crippen LogP contribution in [0.25, 0.3) is 17.7 Å². The second-order valence-corrected chi connectivity index (χ2v) is 4.19. The van der Waals surface area contributed by atoms with Gasteiger partial charge < -0.3 is 9.73 Å². The summed E-state index contributed by atoms with van der Waals surface area (Å²) in [7, 11) is 0. The Kier molecular flexibility index (Phi) is 3.28. The van der Waals surface area contributed by atoms with Crippen LogP contribution in [0.4, 0.5) is 5.69 Å². The van der Waals surface area contributed by atoms with Crippen molar-refractivity contribution in [3.8, 4) is 11.5 Å². The molecule has 0 unspecified atom stereocenters. The van der Waals surface area contributed by atoms with Crippen LogP contribution in [-0.2, 0) is 6.54 Å². The first-order chi connectivity index (χ1) is 9.85. The van der Waals surface area contributed by atoms with E-state index in [0.29, 0.717) is 12.4 Å². The van der Waals surface area contributed by atoms with Crippen LogP contribution in [0.3, 0.4) is 0 Å². The van der Waals surface area contributed by atoms with Crippen molar-refractivity contribution in [1.29, 1.82) is 0 Å². The van der Waals surface area contributed by atoms with E-state index < -0.39 is 0 Å². The summed E-state index contributed by atoms with van der Waals surface area (Å²) in [5, 5.41) is 15.0. The molecule has 0 saturated heterocycles. The number of hydrogen-bond donors (Lipinski definition) is 1. The zero-order valence-electron chi connectivity index (χ0n) is 10.7. The van der Waals surface area contributed by atoms with E-state index in [9.17, 15) is 0 Å². The van der Waals surface area contributed by atoms with Gasteiger partial charge in [-0.1, -0.05) is 6.58 Å². The van der Waals surface area contributed by atoms with E-state index >= 15 is 0 Å². The Morgan fingerprint density at radius 1 is 1.30 bits per heavy atom. The van der Waals surface area contributed by atoms with Crippen LogP contribution in [0.2, 0.25) is 0 Å². The summed E-state index contributed by atoms with van der Waals surface area (Å²) in [4.78, 5) is 0. The predicted octanol–water partition coefficient (Wildman–Crippen LogP) is 2.65. The molecule has 0 bridgehead atoms. The SMILES string of the molecule is C=Cn1cc(CNc2ccc(-c3nnco3)cc2)cn1. The maximum absolute atomic E-state index is 5.14. The molecule has 0 aliphatic carbocycles. The minimum absolute atomic E-state index is 0.517. The third-order valence-corrected chi connectivity index (χ3v) is 2.83. The molecule has 2 aromatic heterocycles. The van der Waals surface area contributed by atoms with Gasteiger partial charge in [0.1, 0.15) is 0 Å². The zero-order valence-corrected chi connectivity index (χ0v) is 10.7. The molecule has 1 N–H and O–H groups in total. The second kappa shape index (κ2) is 5.40. The smallest absolute Gasteiger partial charge is 0.247 e. The first kappa shape index (κ1) is 12.2. The van der Waals surface area contributed by atoms with Crippen LogP contribution in [0.5, 0.6) is 0 Å². The number of aromatic nitrogens is 4. The van der Waals surface area contributed by atoms with Gasteiger partial charge in [-0.3, -0.25) is 0 Å². The van der Waals surface area contributed by atoms with Gasteiger partial charge in [0, 0.05) is 35.8 Å². The molecule has 0 spiro atoms. The first-order valence-electron chi connectivity index (χ1n) is 6.11. The number of hydrogen-bond acceptors (Lipinski definition) is 5.